The number of fused-ring (bicyclic) bond motifs is 2. The lowest BCUT2D eigenvalue weighted by atomic mass is 9.85. The normalized spacial score (nSPS) is 27.6. The van der Waals surface area contributed by atoms with Crippen LogP contribution in [0.3, 0.4) is 0 Å². The fraction of sp³-hybridized carbons (Fsp3) is 0.556. The molecule has 2 aliphatic carbocycles. The summed E-state index contributed by atoms with van der Waals surface area (Å²) < 4.78 is 5.23. The quantitative estimate of drug-likeness (QED) is 0.827. The predicted molar refractivity (Wildman–Crippen MR) is 89.2 cm³/mol. The van der Waals surface area contributed by atoms with E-state index < -0.39 is 0 Å². The number of carbonyl (C=O) groups excluding carboxylic acids is 1. The number of aliphatic hydroxyl groups is 1. The van der Waals surface area contributed by atoms with Gasteiger partial charge in [0.25, 0.3) is 0 Å². The van der Waals surface area contributed by atoms with E-state index in [4.69, 9.17) is 4.52 Å². The molecular formula is C18H22N4O3. The minimum absolute atomic E-state index is 0.0142. The zero-order chi connectivity index (χ0) is 17.2. The maximum atomic E-state index is 12.3. The number of nitrogens with one attached hydrogen (secondary N) is 1. The summed E-state index contributed by atoms with van der Waals surface area (Å²) in [5, 5.41) is 16.7. The van der Waals surface area contributed by atoms with Gasteiger partial charge in [-0.2, -0.15) is 4.98 Å². The van der Waals surface area contributed by atoms with Crippen molar-refractivity contribution in [1.82, 2.24) is 20.4 Å². The largest absolute Gasteiger partial charge is 0.396 e. The molecule has 0 aliphatic heterocycles. The molecule has 2 aliphatic rings. The lowest BCUT2D eigenvalue weighted by molar-refractivity contribution is -0.122. The molecule has 2 heterocycles. The average molecular weight is 342 g/mol. The van der Waals surface area contributed by atoms with E-state index in [0.29, 0.717) is 36.4 Å². The van der Waals surface area contributed by atoms with E-state index in [2.05, 4.69) is 20.4 Å². The second-order valence-corrected chi connectivity index (χ2v) is 7.02. The van der Waals surface area contributed by atoms with E-state index in [1.165, 1.54) is 6.42 Å². The lowest BCUT2D eigenvalue weighted by Gasteiger charge is -2.30. The Bertz CT molecular complexity index is 733. The third kappa shape index (κ3) is 3.28. The second-order valence-electron chi connectivity index (χ2n) is 7.02. The molecule has 0 radical (unpaired) electrons. The van der Waals surface area contributed by atoms with Crippen LogP contribution in [-0.2, 0) is 11.2 Å². The molecule has 25 heavy (non-hydrogen) atoms. The van der Waals surface area contributed by atoms with Crippen LogP contribution in [0.4, 0.5) is 0 Å². The molecule has 4 rings (SSSR count). The van der Waals surface area contributed by atoms with Gasteiger partial charge in [-0.1, -0.05) is 5.16 Å². The highest BCUT2D eigenvalue weighted by Crippen LogP contribution is 2.48. The maximum absolute atomic E-state index is 12.3. The van der Waals surface area contributed by atoms with Crippen molar-refractivity contribution < 1.29 is 14.4 Å². The van der Waals surface area contributed by atoms with E-state index in [9.17, 15) is 9.90 Å². The second kappa shape index (κ2) is 6.92. The van der Waals surface area contributed by atoms with Crippen LogP contribution in [0.5, 0.6) is 0 Å². The molecule has 7 nitrogen and oxygen atoms in total. The fourth-order valence-electron chi connectivity index (χ4n) is 4.35. The third-order valence-corrected chi connectivity index (χ3v) is 5.60. The Morgan fingerprint density at radius 3 is 2.88 bits per heavy atom. The highest BCUT2D eigenvalue weighted by Gasteiger charge is 2.47. The monoisotopic (exact) mass is 342 g/mol. The zero-order valence-electron chi connectivity index (χ0n) is 14.0. The topological polar surface area (TPSA) is 101 Å². The summed E-state index contributed by atoms with van der Waals surface area (Å²) in [5.74, 6) is 2.25. The van der Waals surface area contributed by atoms with Gasteiger partial charge in [0.15, 0.2) is 0 Å². The van der Waals surface area contributed by atoms with Gasteiger partial charge in [-0.3, -0.25) is 9.78 Å². The number of carbonyl (C=O) groups is 1. The SMILES string of the molecule is O=C(CCc1nc(-c2ccncc2)no1)NC1C2CCC(C2)C1CO. The Kier molecular flexibility index (Phi) is 4.48. The van der Waals surface area contributed by atoms with Gasteiger partial charge in [0, 0.05) is 49.4 Å². The van der Waals surface area contributed by atoms with Crippen LogP contribution in [0.2, 0.25) is 0 Å². The van der Waals surface area contributed by atoms with Crippen LogP contribution in [0.1, 0.15) is 31.6 Å². The highest BCUT2D eigenvalue weighted by molar-refractivity contribution is 5.76. The van der Waals surface area contributed by atoms with Crippen LogP contribution < -0.4 is 5.32 Å². The van der Waals surface area contributed by atoms with E-state index in [1.54, 1.807) is 12.4 Å². The van der Waals surface area contributed by atoms with Gasteiger partial charge in [0.05, 0.1) is 0 Å². The summed E-state index contributed by atoms with van der Waals surface area (Å²) >= 11 is 0. The lowest BCUT2D eigenvalue weighted by Crippen LogP contribution is -2.45. The van der Waals surface area contributed by atoms with Crippen molar-refractivity contribution in [3.05, 3.63) is 30.4 Å². The van der Waals surface area contributed by atoms with Gasteiger partial charge in [0.2, 0.25) is 17.6 Å². The molecule has 4 atom stereocenters. The van der Waals surface area contributed by atoms with E-state index >= 15 is 0 Å². The molecule has 2 N–H and O–H groups in total. The number of rotatable bonds is 6. The van der Waals surface area contributed by atoms with E-state index in [1.807, 2.05) is 12.1 Å². The van der Waals surface area contributed by atoms with Gasteiger partial charge in [-0.05, 0) is 43.2 Å². The first kappa shape index (κ1) is 16.2. The number of aryl methyl sites for hydroxylation is 1. The fourth-order valence-corrected chi connectivity index (χ4v) is 4.35. The first-order valence-electron chi connectivity index (χ1n) is 8.88. The molecule has 7 heteroatoms. The Balaban J connectivity index is 1.31. The van der Waals surface area contributed by atoms with Crippen LogP contribution in [0, 0.1) is 17.8 Å². The molecule has 2 bridgehead atoms. The number of aliphatic hydroxyl groups excluding tert-OH is 1. The number of pyridine rings is 1. The van der Waals surface area contributed by atoms with Gasteiger partial charge >= 0.3 is 0 Å². The highest BCUT2D eigenvalue weighted by atomic mass is 16.5. The first-order valence-corrected chi connectivity index (χ1v) is 8.88. The predicted octanol–water partition coefficient (Wildman–Crippen LogP) is 1.59. The standard InChI is InChI=1S/C18H22N4O3/c23-10-14-12-1-2-13(9-12)17(14)20-15(24)3-4-16-21-18(22-25-16)11-5-7-19-8-6-11/h5-8,12-14,17,23H,1-4,9-10H2,(H,20,24). The first-order chi connectivity index (χ1) is 12.2. The van der Waals surface area contributed by atoms with Crippen molar-refractivity contribution in [2.75, 3.05) is 6.61 Å². The van der Waals surface area contributed by atoms with Gasteiger partial charge < -0.3 is 14.9 Å². The number of nitrogens with zero attached hydrogens (tertiary/aromatic N) is 3. The molecule has 2 aromatic rings. The number of aromatic nitrogens is 3. The van der Waals surface area contributed by atoms with Crippen LogP contribution in [0.25, 0.3) is 11.4 Å². The van der Waals surface area contributed by atoms with Crippen molar-refractivity contribution in [3.63, 3.8) is 0 Å². The Hall–Kier alpha value is -2.28. The Morgan fingerprint density at radius 2 is 2.08 bits per heavy atom. The molecule has 0 aromatic carbocycles. The minimum atomic E-state index is -0.0142. The van der Waals surface area contributed by atoms with Crippen LogP contribution in [-0.4, -0.2) is 38.8 Å². The number of hydrogen-bond acceptors (Lipinski definition) is 6. The van der Waals surface area contributed by atoms with E-state index in [0.717, 1.165) is 18.4 Å². The van der Waals surface area contributed by atoms with Gasteiger partial charge in [-0.25, -0.2) is 0 Å². The Morgan fingerprint density at radius 1 is 1.28 bits per heavy atom. The Labute approximate surface area is 145 Å². The smallest absolute Gasteiger partial charge is 0.227 e. The molecule has 2 aromatic heterocycles. The molecule has 0 saturated heterocycles. The summed E-state index contributed by atoms with van der Waals surface area (Å²) in [5.41, 5.74) is 0.835. The van der Waals surface area contributed by atoms with Crippen molar-refractivity contribution >= 4 is 5.91 Å². The van der Waals surface area contributed by atoms with Crippen LogP contribution in [0.15, 0.2) is 29.0 Å². The van der Waals surface area contributed by atoms with Crippen LogP contribution >= 0.6 is 0 Å². The summed E-state index contributed by atoms with van der Waals surface area (Å²) in [6.07, 6.45) is 7.54. The molecule has 2 fully saturated rings. The summed E-state index contributed by atoms with van der Waals surface area (Å²) in [7, 11) is 0. The van der Waals surface area contributed by atoms with E-state index in [-0.39, 0.29) is 24.5 Å². The van der Waals surface area contributed by atoms with Gasteiger partial charge in [-0.15, -0.1) is 0 Å². The van der Waals surface area contributed by atoms with Crippen molar-refractivity contribution in [3.8, 4) is 11.4 Å². The molecule has 0 spiro atoms. The maximum Gasteiger partial charge on any atom is 0.227 e. The molecule has 132 valence electrons. The molecule has 1 amide bonds. The van der Waals surface area contributed by atoms with Crippen molar-refractivity contribution in [2.24, 2.45) is 17.8 Å². The van der Waals surface area contributed by atoms with Gasteiger partial charge in [0.1, 0.15) is 0 Å². The number of hydrogen-bond donors (Lipinski definition) is 2. The van der Waals surface area contributed by atoms with Crippen molar-refractivity contribution in [2.45, 2.75) is 38.1 Å². The zero-order valence-corrected chi connectivity index (χ0v) is 14.0. The summed E-state index contributed by atoms with van der Waals surface area (Å²) in [6, 6.07) is 3.74. The molecule has 4 unspecified atom stereocenters. The third-order valence-electron chi connectivity index (χ3n) is 5.60. The molecular weight excluding hydrogens is 320 g/mol. The average Bonchev–Trinajstić information content (AvgIpc) is 3.37. The van der Waals surface area contributed by atoms with Crippen molar-refractivity contribution in [1.29, 1.82) is 0 Å². The number of amides is 1. The molecule has 2 saturated carbocycles. The summed E-state index contributed by atoms with van der Waals surface area (Å²) in [4.78, 5) is 20.6. The summed E-state index contributed by atoms with van der Waals surface area (Å²) in [6.45, 7) is 0.158. The minimum Gasteiger partial charge on any atom is -0.396 e.